The number of nitrogens with one attached hydrogen (secondary N) is 2. The molecule has 1 heterocycles. The van der Waals surface area contributed by atoms with Gasteiger partial charge in [0.2, 0.25) is 5.91 Å². The fraction of sp³-hybridized carbons (Fsp3) is 0.688. The van der Waals surface area contributed by atoms with Gasteiger partial charge in [-0.05, 0) is 25.2 Å². The summed E-state index contributed by atoms with van der Waals surface area (Å²) in [5.41, 5.74) is 0. The fourth-order valence-electron chi connectivity index (χ4n) is 3.16. The summed E-state index contributed by atoms with van der Waals surface area (Å²) >= 11 is 0. The molecule has 1 aliphatic heterocycles. The first-order chi connectivity index (χ1) is 11.8. The third kappa shape index (κ3) is 4.34. The lowest BCUT2D eigenvalue weighted by atomic mass is 9.86. The molecule has 1 saturated carbocycles. The molecule has 138 valence electrons. The van der Waals surface area contributed by atoms with Crippen molar-refractivity contribution in [2.45, 2.75) is 52.0 Å². The molecular weight excluding hydrogens is 328 g/mol. The van der Waals surface area contributed by atoms with Crippen LogP contribution in [0.15, 0.2) is 0 Å². The van der Waals surface area contributed by atoms with Gasteiger partial charge in [0, 0.05) is 12.6 Å². The third-order valence-electron chi connectivity index (χ3n) is 4.56. The zero-order valence-electron chi connectivity index (χ0n) is 14.5. The van der Waals surface area contributed by atoms with Crippen LogP contribution in [-0.2, 0) is 14.4 Å². The van der Waals surface area contributed by atoms with Crippen LogP contribution in [0, 0.1) is 5.92 Å². The molecule has 2 rings (SSSR count). The first-order valence-electron chi connectivity index (χ1n) is 8.62. The summed E-state index contributed by atoms with van der Waals surface area (Å²) < 4.78 is 0. The van der Waals surface area contributed by atoms with E-state index in [1.807, 2.05) is 6.92 Å². The topological polar surface area (TPSA) is 116 Å². The minimum absolute atomic E-state index is 0.00164. The van der Waals surface area contributed by atoms with E-state index in [1.54, 1.807) is 6.92 Å². The third-order valence-corrected chi connectivity index (χ3v) is 4.56. The zero-order valence-corrected chi connectivity index (χ0v) is 14.5. The molecule has 0 aromatic carbocycles. The molecule has 0 spiro atoms. The standard InChI is InChI=1S/C16H24N4O5/c1-3-8-19-13(22)14(23)20(16(19)25)9-12(21)18-15(24)17-11-7-5-4-6-10(11)2/h10-11H,3-9H2,1-2H3,(H2,17,18,21,24)/t10-,11+/m0/s1. The highest BCUT2D eigenvalue weighted by Gasteiger charge is 2.44. The molecule has 0 aromatic rings. The Balaban J connectivity index is 1.87. The highest BCUT2D eigenvalue weighted by molar-refractivity contribution is 6.45. The Hall–Kier alpha value is -2.45. The molecule has 0 radical (unpaired) electrons. The average molecular weight is 352 g/mol. The number of imide groups is 3. The predicted octanol–water partition coefficient (Wildman–Crippen LogP) is 0.592. The maximum atomic E-state index is 12.0. The lowest BCUT2D eigenvalue weighted by molar-refractivity contribution is -0.143. The van der Waals surface area contributed by atoms with Gasteiger partial charge in [0.15, 0.2) is 0 Å². The number of carbonyl (C=O) groups excluding carboxylic acids is 5. The van der Waals surface area contributed by atoms with Gasteiger partial charge in [0.05, 0.1) is 0 Å². The number of urea groups is 2. The summed E-state index contributed by atoms with van der Waals surface area (Å²) in [5, 5.41) is 4.86. The van der Waals surface area contributed by atoms with Crippen LogP contribution in [-0.4, -0.2) is 58.7 Å². The van der Waals surface area contributed by atoms with Crippen molar-refractivity contribution in [3.63, 3.8) is 0 Å². The summed E-state index contributed by atoms with van der Waals surface area (Å²) in [6.45, 7) is 3.26. The molecule has 1 saturated heterocycles. The Kier molecular flexibility index (Phi) is 6.11. The molecule has 0 bridgehead atoms. The van der Waals surface area contributed by atoms with E-state index in [1.165, 1.54) is 0 Å². The van der Waals surface area contributed by atoms with E-state index in [0.717, 1.165) is 30.6 Å². The van der Waals surface area contributed by atoms with E-state index in [0.29, 0.717) is 17.2 Å². The van der Waals surface area contributed by atoms with E-state index in [9.17, 15) is 24.0 Å². The SMILES string of the molecule is CCCN1C(=O)C(=O)N(CC(=O)NC(=O)N[C@@H]2CCCC[C@@H]2C)C1=O. The molecular formula is C16H24N4O5. The average Bonchev–Trinajstić information content (AvgIpc) is 2.75. The number of rotatable bonds is 5. The number of carbonyl (C=O) groups is 5. The number of nitrogens with zero attached hydrogens (tertiary/aromatic N) is 2. The quantitative estimate of drug-likeness (QED) is 0.555. The highest BCUT2D eigenvalue weighted by atomic mass is 16.2. The van der Waals surface area contributed by atoms with Crippen molar-refractivity contribution in [2.24, 2.45) is 5.92 Å². The Labute approximate surface area is 146 Å². The van der Waals surface area contributed by atoms with Gasteiger partial charge >= 0.3 is 23.9 Å². The van der Waals surface area contributed by atoms with Crippen LogP contribution in [0.1, 0.15) is 46.0 Å². The number of amides is 7. The van der Waals surface area contributed by atoms with Crippen molar-refractivity contribution >= 4 is 29.8 Å². The summed E-state index contributed by atoms with van der Waals surface area (Å²) in [5.74, 6) is -2.47. The van der Waals surface area contributed by atoms with Crippen molar-refractivity contribution in [1.82, 2.24) is 20.4 Å². The molecule has 9 nitrogen and oxygen atoms in total. The van der Waals surface area contributed by atoms with Gasteiger partial charge in [-0.15, -0.1) is 0 Å². The summed E-state index contributed by atoms with van der Waals surface area (Å²) in [6.07, 6.45) is 4.53. The van der Waals surface area contributed by atoms with Gasteiger partial charge in [-0.1, -0.05) is 26.7 Å². The molecule has 2 N–H and O–H groups in total. The molecule has 7 amide bonds. The van der Waals surface area contributed by atoms with E-state index in [2.05, 4.69) is 10.6 Å². The lowest BCUT2D eigenvalue weighted by Crippen LogP contribution is -2.50. The van der Waals surface area contributed by atoms with Crippen LogP contribution >= 0.6 is 0 Å². The molecule has 9 heteroatoms. The van der Waals surface area contributed by atoms with Crippen LogP contribution in [0.25, 0.3) is 0 Å². The maximum Gasteiger partial charge on any atom is 0.334 e. The monoisotopic (exact) mass is 352 g/mol. The first kappa shape index (κ1) is 18.9. The molecule has 2 fully saturated rings. The van der Waals surface area contributed by atoms with E-state index in [-0.39, 0.29) is 12.6 Å². The van der Waals surface area contributed by atoms with E-state index >= 15 is 0 Å². The smallest absolute Gasteiger partial charge is 0.334 e. The molecule has 25 heavy (non-hydrogen) atoms. The maximum absolute atomic E-state index is 12.0. The molecule has 1 aliphatic carbocycles. The minimum Gasteiger partial charge on any atom is -0.335 e. The van der Waals surface area contributed by atoms with Gasteiger partial charge in [0.25, 0.3) is 0 Å². The van der Waals surface area contributed by atoms with Crippen LogP contribution in [0.5, 0.6) is 0 Å². The van der Waals surface area contributed by atoms with Gasteiger partial charge in [-0.3, -0.25) is 24.6 Å². The summed E-state index contributed by atoms with van der Waals surface area (Å²) in [7, 11) is 0. The summed E-state index contributed by atoms with van der Waals surface area (Å²) in [4.78, 5) is 60.8. The fourth-order valence-corrected chi connectivity index (χ4v) is 3.16. The van der Waals surface area contributed by atoms with Gasteiger partial charge < -0.3 is 5.32 Å². The molecule has 0 unspecified atom stereocenters. The van der Waals surface area contributed by atoms with Gasteiger partial charge in [-0.25, -0.2) is 14.5 Å². The van der Waals surface area contributed by atoms with E-state index < -0.39 is 36.3 Å². The second-order valence-electron chi connectivity index (χ2n) is 6.52. The summed E-state index contributed by atoms with van der Waals surface area (Å²) in [6, 6.07) is -1.48. The van der Waals surface area contributed by atoms with Crippen LogP contribution in [0.2, 0.25) is 0 Å². The Bertz CT molecular complexity index is 591. The van der Waals surface area contributed by atoms with Crippen molar-refractivity contribution in [3.05, 3.63) is 0 Å². The normalized spacial score (nSPS) is 23.8. The first-order valence-corrected chi connectivity index (χ1v) is 8.62. The highest BCUT2D eigenvalue weighted by Crippen LogP contribution is 2.23. The van der Waals surface area contributed by atoms with Crippen molar-refractivity contribution in [2.75, 3.05) is 13.1 Å². The van der Waals surface area contributed by atoms with Crippen LogP contribution in [0.3, 0.4) is 0 Å². The Morgan fingerprint density at radius 3 is 2.36 bits per heavy atom. The predicted molar refractivity (Wildman–Crippen MR) is 87.2 cm³/mol. The van der Waals surface area contributed by atoms with Gasteiger partial charge in [0.1, 0.15) is 6.54 Å². The largest absolute Gasteiger partial charge is 0.335 e. The Morgan fingerprint density at radius 1 is 1.08 bits per heavy atom. The lowest BCUT2D eigenvalue weighted by Gasteiger charge is -2.29. The molecule has 2 aliphatic rings. The van der Waals surface area contributed by atoms with Crippen LogP contribution < -0.4 is 10.6 Å². The Morgan fingerprint density at radius 2 is 1.72 bits per heavy atom. The van der Waals surface area contributed by atoms with Crippen molar-refractivity contribution in [1.29, 1.82) is 0 Å². The second-order valence-corrected chi connectivity index (χ2v) is 6.52. The molecule has 0 aromatic heterocycles. The van der Waals surface area contributed by atoms with E-state index in [4.69, 9.17) is 0 Å². The number of hydrogen-bond donors (Lipinski definition) is 2. The number of hydrogen-bond acceptors (Lipinski definition) is 5. The minimum atomic E-state index is -1.05. The molecule has 2 atom stereocenters. The second kappa shape index (κ2) is 8.09. The van der Waals surface area contributed by atoms with Crippen LogP contribution in [0.4, 0.5) is 9.59 Å². The van der Waals surface area contributed by atoms with Crippen molar-refractivity contribution in [3.8, 4) is 0 Å². The zero-order chi connectivity index (χ0) is 18.6. The van der Waals surface area contributed by atoms with Gasteiger partial charge in [-0.2, -0.15) is 0 Å². The van der Waals surface area contributed by atoms with Crippen molar-refractivity contribution < 1.29 is 24.0 Å².